The van der Waals surface area contributed by atoms with Crippen LogP contribution in [0.3, 0.4) is 0 Å². The second-order valence-corrected chi connectivity index (χ2v) is 7.05. The van der Waals surface area contributed by atoms with E-state index in [1.54, 1.807) is 0 Å². The molecule has 1 unspecified atom stereocenters. The van der Waals surface area contributed by atoms with Crippen molar-refractivity contribution in [2.45, 2.75) is 34.1 Å². The van der Waals surface area contributed by atoms with Crippen LogP contribution in [0.5, 0.6) is 11.5 Å². The largest absolute Gasteiger partial charge is 0.493 e. The number of hydrogen-bond donors (Lipinski definition) is 0. The van der Waals surface area contributed by atoms with Gasteiger partial charge in [0, 0.05) is 5.88 Å². The molecule has 0 amide bonds. The minimum absolute atomic E-state index is 0.467. The molecule has 2 nitrogen and oxygen atoms in total. The number of rotatable bonds is 8. The molecule has 0 fully saturated rings. The van der Waals surface area contributed by atoms with Gasteiger partial charge in [0.1, 0.15) is 11.5 Å². The Balaban J connectivity index is 2.14. The highest BCUT2D eigenvalue weighted by atomic mass is 35.5. The Hall–Kier alpha value is -1.41. The molecule has 2 aromatic rings. The topological polar surface area (TPSA) is 18.5 Å². The third-order valence-corrected chi connectivity index (χ3v) is 4.14. The minimum Gasteiger partial charge on any atom is -0.493 e. The van der Waals surface area contributed by atoms with E-state index in [1.807, 2.05) is 6.07 Å². The minimum atomic E-state index is 0.467. The van der Waals surface area contributed by atoms with Gasteiger partial charge < -0.3 is 9.47 Å². The third-order valence-electron chi connectivity index (χ3n) is 3.92. The van der Waals surface area contributed by atoms with E-state index in [9.17, 15) is 0 Å². The van der Waals surface area contributed by atoms with Crippen molar-refractivity contribution in [2.24, 2.45) is 11.8 Å². The van der Waals surface area contributed by atoms with Crippen molar-refractivity contribution < 1.29 is 9.47 Å². The van der Waals surface area contributed by atoms with E-state index in [2.05, 4.69) is 52.0 Å². The van der Waals surface area contributed by atoms with Crippen LogP contribution in [-0.4, -0.2) is 19.1 Å². The molecule has 2 aromatic carbocycles. The summed E-state index contributed by atoms with van der Waals surface area (Å²) in [5.74, 6) is 3.55. The number of halogens is 1. The number of alkyl halides is 1. The average Bonchev–Trinajstić information content (AvgIpc) is 2.52. The molecule has 0 spiro atoms. The number of fused-ring (bicyclic) bond motifs is 1. The van der Waals surface area contributed by atoms with Gasteiger partial charge in [-0.2, -0.15) is 0 Å². The second kappa shape index (κ2) is 8.44. The lowest BCUT2D eigenvalue weighted by Gasteiger charge is -2.15. The molecule has 0 aliphatic heterocycles. The lowest BCUT2D eigenvalue weighted by atomic mass is 10.0. The van der Waals surface area contributed by atoms with Crippen molar-refractivity contribution in [1.82, 2.24) is 0 Å². The highest BCUT2D eigenvalue weighted by Gasteiger charge is 2.08. The molecule has 0 heterocycles. The van der Waals surface area contributed by atoms with Crippen molar-refractivity contribution in [2.75, 3.05) is 19.1 Å². The fourth-order valence-electron chi connectivity index (χ4n) is 2.45. The number of hydrogen-bond acceptors (Lipinski definition) is 2. The first-order valence-corrected chi connectivity index (χ1v) is 8.89. The monoisotopic (exact) mass is 334 g/mol. The standard InChI is InChI=1S/C20H27ClO2/c1-14(2)12-22-18-6-7-19-16(4)20(8-5-17(19)11-18)23-13-15(3)9-10-21/h5-8,11,14-15H,9-10,12-13H2,1-4H3. The molecule has 0 saturated heterocycles. The van der Waals surface area contributed by atoms with Crippen LogP contribution in [0.2, 0.25) is 0 Å². The van der Waals surface area contributed by atoms with E-state index in [0.29, 0.717) is 24.3 Å². The summed E-state index contributed by atoms with van der Waals surface area (Å²) in [4.78, 5) is 0. The molecule has 0 aliphatic carbocycles. The van der Waals surface area contributed by atoms with Crippen molar-refractivity contribution in [3.8, 4) is 11.5 Å². The molecule has 1 atom stereocenters. The van der Waals surface area contributed by atoms with Gasteiger partial charge >= 0.3 is 0 Å². The first-order valence-electron chi connectivity index (χ1n) is 8.36. The summed E-state index contributed by atoms with van der Waals surface area (Å²) in [5.41, 5.74) is 1.18. The Bertz CT molecular complexity index is 637. The molecule has 3 heteroatoms. The Morgan fingerprint density at radius 1 is 1.00 bits per heavy atom. The zero-order chi connectivity index (χ0) is 16.8. The SMILES string of the molecule is Cc1c(OCC(C)CCCl)ccc2cc(OCC(C)C)ccc12. The first-order chi connectivity index (χ1) is 11.0. The van der Waals surface area contributed by atoms with Gasteiger partial charge in [0.2, 0.25) is 0 Å². The summed E-state index contributed by atoms with van der Waals surface area (Å²) in [7, 11) is 0. The van der Waals surface area contributed by atoms with E-state index < -0.39 is 0 Å². The molecule has 0 saturated carbocycles. The highest BCUT2D eigenvalue weighted by molar-refractivity contribution is 6.17. The molecule has 126 valence electrons. The summed E-state index contributed by atoms with van der Waals surface area (Å²) in [5, 5.41) is 2.40. The van der Waals surface area contributed by atoms with E-state index in [4.69, 9.17) is 21.1 Å². The van der Waals surface area contributed by atoms with E-state index in [1.165, 1.54) is 16.3 Å². The normalized spacial score (nSPS) is 12.6. The maximum absolute atomic E-state index is 5.98. The van der Waals surface area contributed by atoms with Crippen LogP contribution in [0.25, 0.3) is 10.8 Å². The number of benzene rings is 2. The zero-order valence-corrected chi connectivity index (χ0v) is 15.3. The van der Waals surface area contributed by atoms with Gasteiger partial charge in [0.15, 0.2) is 0 Å². The molecule has 0 aliphatic rings. The van der Waals surface area contributed by atoms with E-state index in [-0.39, 0.29) is 0 Å². The van der Waals surface area contributed by atoms with Crippen LogP contribution in [0.4, 0.5) is 0 Å². The van der Waals surface area contributed by atoms with Gasteiger partial charge in [-0.05, 0) is 59.7 Å². The molecular formula is C20H27ClO2. The Labute approximate surface area is 144 Å². The predicted octanol–water partition coefficient (Wildman–Crippen LogP) is 5.83. The maximum Gasteiger partial charge on any atom is 0.122 e. The molecule has 0 N–H and O–H groups in total. The summed E-state index contributed by atoms with van der Waals surface area (Å²) in [6, 6.07) is 10.4. The van der Waals surface area contributed by atoms with Crippen LogP contribution in [-0.2, 0) is 0 Å². The number of ether oxygens (including phenoxy) is 2. The summed E-state index contributed by atoms with van der Waals surface area (Å²) in [6.07, 6.45) is 0.977. The molecule has 0 aromatic heterocycles. The average molecular weight is 335 g/mol. The van der Waals surface area contributed by atoms with E-state index in [0.717, 1.165) is 24.5 Å². The summed E-state index contributed by atoms with van der Waals surface area (Å²) < 4.78 is 11.8. The smallest absolute Gasteiger partial charge is 0.122 e. The predicted molar refractivity (Wildman–Crippen MR) is 99.0 cm³/mol. The Morgan fingerprint density at radius 2 is 1.78 bits per heavy atom. The van der Waals surface area contributed by atoms with Gasteiger partial charge in [0.25, 0.3) is 0 Å². The first kappa shape index (κ1) is 17.9. The van der Waals surface area contributed by atoms with Crippen molar-refractivity contribution >= 4 is 22.4 Å². The van der Waals surface area contributed by atoms with Crippen molar-refractivity contribution in [3.05, 3.63) is 35.9 Å². The lowest BCUT2D eigenvalue weighted by molar-refractivity contribution is 0.256. The Morgan fingerprint density at radius 3 is 2.48 bits per heavy atom. The quantitative estimate of drug-likeness (QED) is 0.566. The summed E-state index contributed by atoms with van der Waals surface area (Å²) in [6.45, 7) is 10.0. The van der Waals surface area contributed by atoms with Gasteiger partial charge in [-0.1, -0.05) is 32.9 Å². The Kier molecular flexibility index (Phi) is 6.59. The highest BCUT2D eigenvalue weighted by Crippen LogP contribution is 2.30. The third kappa shape index (κ3) is 5.04. The van der Waals surface area contributed by atoms with Gasteiger partial charge in [-0.15, -0.1) is 11.6 Å². The van der Waals surface area contributed by atoms with Crippen LogP contribution < -0.4 is 9.47 Å². The zero-order valence-electron chi connectivity index (χ0n) is 14.6. The molecule has 0 radical (unpaired) electrons. The molecule has 23 heavy (non-hydrogen) atoms. The van der Waals surface area contributed by atoms with Gasteiger partial charge in [0.05, 0.1) is 13.2 Å². The fraction of sp³-hybridized carbons (Fsp3) is 0.500. The maximum atomic E-state index is 5.98. The van der Waals surface area contributed by atoms with Crippen LogP contribution in [0.15, 0.2) is 30.3 Å². The van der Waals surface area contributed by atoms with Crippen LogP contribution in [0.1, 0.15) is 32.8 Å². The van der Waals surface area contributed by atoms with Gasteiger partial charge in [-0.25, -0.2) is 0 Å². The molecule has 2 rings (SSSR count). The van der Waals surface area contributed by atoms with Crippen molar-refractivity contribution in [1.29, 1.82) is 0 Å². The second-order valence-electron chi connectivity index (χ2n) is 6.67. The van der Waals surface area contributed by atoms with Crippen LogP contribution >= 0.6 is 11.6 Å². The fourth-order valence-corrected chi connectivity index (χ4v) is 2.83. The number of aryl methyl sites for hydroxylation is 1. The molecular weight excluding hydrogens is 308 g/mol. The van der Waals surface area contributed by atoms with Gasteiger partial charge in [-0.3, -0.25) is 0 Å². The van der Waals surface area contributed by atoms with E-state index >= 15 is 0 Å². The summed E-state index contributed by atoms with van der Waals surface area (Å²) >= 11 is 5.78. The van der Waals surface area contributed by atoms with Crippen molar-refractivity contribution in [3.63, 3.8) is 0 Å². The van der Waals surface area contributed by atoms with Crippen LogP contribution in [0, 0.1) is 18.8 Å². The lowest BCUT2D eigenvalue weighted by Crippen LogP contribution is -2.09. The molecule has 0 bridgehead atoms.